The summed E-state index contributed by atoms with van der Waals surface area (Å²) in [5.74, 6) is 0. The Bertz CT molecular complexity index is 304. The van der Waals surface area contributed by atoms with Crippen molar-refractivity contribution >= 4 is 8.80 Å². The monoisotopic (exact) mass is 271 g/mol. The van der Waals surface area contributed by atoms with Crippen molar-refractivity contribution in [3.05, 3.63) is 24.0 Å². The van der Waals surface area contributed by atoms with Crippen LogP contribution in [0.5, 0.6) is 0 Å². The average Bonchev–Trinajstić information content (AvgIpc) is 2.93. The van der Waals surface area contributed by atoms with Crippen LogP contribution in [-0.2, 0) is 13.3 Å². The van der Waals surface area contributed by atoms with Gasteiger partial charge in [0.15, 0.2) is 0 Å². The second kappa shape index (κ2) is 7.73. The highest BCUT2D eigenvalue weighted by Crippen LogP contribution is 2.32. The van der Waals surface area contributed by atoms with E-state index in [1.165, 1.54) is 12.8 Å². The molecule has 0 aliphatic heterocycles. The Morgan fingerprint density at radius 1 is 1.17 bits per heavy atom. The third-order valence-electron chi connectivity index (χ3n) is 3.37. The zero-order chi connectivity index (χ0) is 13.4. The third kappa shape index (κ3) is 3.44. The van der Waals surface area contributed by atoms with Crippen molar-refractivity contribution in [1.29, 1.82) is 0 Å². The summed E-state index contributed by atoms with van der Waals surface area (Å²) in [5.41, 5.74) is 1.32. The molecule has 1 heterocycles. The molecule has 18 heavy (non-hydrogen) atoms. The molecule has 0 saturated heterocycles. The van der Waals surface area contributed by atoms with Gasteiger partial charge in [-0.1, -0.05) is 26.2 Å². The fourth-order valence-corrected chi connectivity index (χ4v) is 4.83. The second-order valence-corrected chi connectivity index (χ2v) is 7.52. The molecular formula is C13H25NO3Si. The molecule has 0 aromatic carbocycles. The summed E-state index contributed by atoms with van der Waals surface area (Å²) < 4.78 is 16.9. The highest BCUT2D eigenvalue weighted by atomic mass is 28.4. The van der Waals surface area contributed by atoms with Crippen LogP contribution in [0.4, 0.5) is 0 Å². The lowest BCUT2D eigenvalue weighted by atomic mass is 10.1. The second-order valence-electron chi connectivity index (χ2n) is 4.39. The summed E-state index contributed by atoms with van der Waals surface area (Å²) in [6, 6.07) is 4.08. The van der Waals surface area contributed by atoms with Gasteiger partial charge in [0, 0.05) is 33.2 Å². The van der Waals surface area contributed by atoms with Crippen molar-refractivity contribution in [3.8, 4) is 0 Å². The van der Waals surface area contributed by atoms with Crippen molar-refractivity contribution in [2.24, 2.45) is 0 Å². The van der Waals surface area contributed by atoms with E-state index in [1.54, 1.807) is 21.3 Å². The van der Waals surface area contributed by atoms with Gasteiger partial charge in [-0.05, 0) is 18.6 Å². The predicted molar refractivity (Wildman–Crippen MR) is 74.5 cm³/mol. The zero-order valence-corrected chi connectivity index (χ0v) is 12.9. The molecule has 4 nitrogen and oxygen atoms in total. The van der Waals surface area contributed by atoms with Crippen molar-refractivity contribution < 1.29 is 13.3 Å². The average molecular weight is 271 g/mol. The fraction of sp³-hybridized carbons (Fsp3) is 0.692. The van der Waals surface area contributed by atoms with Crippen molar-refractivity contribution in [1.82, 2.24) is 4.98 Å². The van der Waals surface area contributed by atoms with Gasteiger partial charge in [0.25, 0.3) is 0 Å². The number of unbranched alkanes of at least 4 members (excludes halogenated alkanes) is 2. The van der Waals surface area contributed by atoms with Gasteiger partial charge >= 0.3 is 8.80 Å². The summed E-state index contributed by atoms with van der Waals surface area (Å²) in [4.78, 5) is 3.27. The molecule has 5 heteroatoms. The van der Waals surface area contributed by atoms with Gasteiger partial charge < -0.3 is 18.3 Å². The van der Waals surface area contributed by atoms with E-state index < -0.39 is 8.80 Å². The van der Waals surface area contributed by atoms with Crippen LogP contribution in [0.1, 0.15) is 43.8 Å². The summed E-state index contributed by atoms with van der Waals surface area (Å²) in [6.45, 7) is 2.21. The topological polar surface area (TPSA) is 43.5 Å². The smallest absolute Gasteiger partial charge is 0.376 e. The molecule has 0 saturated carbocycles. The molecule has 1 N–H and O–H groups in total. The normalized spacial score (nSPS) is 13.8. The predicted octanol–water partition coefficient (Wildman–Crippen LogP) is 3.10. The van der Waals surface area contributed by atoms with Gasteiger partial charge in [-0.25, -0.2) is 0 Å². The van der Waals surface area contributed by atoms with E-state index in [1.807, 2.05) is 12.3 Å². The molecule has 104 valence electrons. The first-order valence-electron chi connectivity index (χ1n) is 6.52. The molecule has 0 bridgehead atoms. The van der Waals surface area contributed by atoms with Gasteiger partial charge in [-0.3, -0.25) is 0 Å². The molecule has 1 atom stereocenters. The molecule has 0 radical (unpaired) electrons. The first-order chi connectivity index (χ1) is 8.74. The maximum atomic E-state index is 5.63. The van der Waals surface area contributed by atoms with E-state index >= 15 is 0 Å². The largest absolute Gasteiger partial charge is 0.509 e. The number of aromatic amines is 1. The lowest BCUT2D eigenvalue weighted by Crippen LogP contribution is -2.49. The van der Waals surface area contributed by atoms with Crippen LogP contribution in [0.3, 0.4) is 0 Å². The van der Waals surface area contributed by atoms with Crippen LogP contribution >= 0.6 is 0 Å². The molecule has 0 aliphatic carbocycles. The highest BCUT2D eigenvalue weighted by molar-refractivity contribution is 6.62. The molecule has 0 spiro atoms. The van der Waals surface area contributed by atoms with E-state index in [9.17, 15) is 0 Å². The SMILES string of the molecule is CCCCCC(c1ccc[nH]1)[Si](OC)(OC)OC. The van der Waals surface area contributed by atoms with Crippen LogP contribution in [0.2, 0.25) is 0 Å². The molecule has 1 unspecified atom stereocenters. The first kappa shape index (κ1) is 15.4. The zero-order valence-electron chi connectivity index (χ0n) is 11.9. The minimum absolute atomic E-state index is 0.180. The molecule has 1 aromatic heterocycles. The Morgan fingerprint density at radius 2 is 1.83 bits per heavy atom. The van der Waals surface area contributed by atoms with Gasteiger partial charge in [0.1, 0.15) is 0 Å². The maximum absolute atomic E-state index is 5.63. The molecule has 0 amide bonds. The van der Waals surface area contributed by atoms with E-state index in [0.29, 0.717) is 0 Å². The highest BCUT2D eigenvalue weighted by Gasteiger charge is 2.48. The summed E-state index contributed by atoms with van der Waals surface area (Å²) >= 11 is 0. The summed E-state index contributed by atoms with van der Waals surface area (Å²) in [6.07, 6.45) is 6.54. The van der Waals surface area contributed by atoms with Gasteiger partial charge in [-0.15, -0.1) is 0 Å². The van der Waals surface area contributed by atoms with E-state index in [0.717, 1.165) is 18.5 Å². The van der Waals surface area contributed by atoms with Crippen molar-refractivity contribution in [3.63, 3.8) is 0 Å². The number of hydrogen-bond donors (Lipinski definition) is 1. The van der Waals surface area contributed by atoms with Crippen LogP contribution in [-0.4, -0.2) is 35.1 Å². The Hall–Kier alpha value is -0.623. The van der Waals surface area contributed by atoms with Gasteiger partial charge in [0.2, 0.25) is 0 Å². The maximum Gasteiger partial charge on any atom is 0.509 e. The number of H-pyrrole nitrogens is 1. The van der Waals surface area contributed by atoms with E-state index in [4.69, 9.17) is 13.3 Å². The molecule has 1 rings (SSSR count). The Morgan fingerprint density at radius 3 is 2.28 bits per heavy atom. The number of nitrogens with one attached hydrogen (secondary N) is 1. The Labute approximate surface area is 111 Å². The summed E-state index contributed by atoms with van der Waals surface area (Å²) in [7, 11) is 2.39. The van der Waals surface area contributed by atoms with Crippen LogP contribution in [0.25, 0.3) is 0 Å². The van der Waals surface area contributed by atoms with Crippen LogP contribution in [0.15, 0.2) is 18.3 Å². The van der Waals surface area contributed by atoms with Gasteiger partial charge in [-0.2, -0.15) is 0 Å². The minimum Gasteiger partial charge on any atom is -0.376 e. The number of rotatable bonds is 9. The Balaban J connectivity index is 2.88. The standard InChI is InChI=1S/C13H25NO3Si/c1-5-6-7-10-13(12-9-8-11-14-12)18(15-2,16-3)17-4/h8-9,11,13-14H,5-7,10H2,1-4H3. The number of hydrogen-bond acceptors (Lipinski definition) is 3. The quantitative estimate of drug-likeness (QED) is 0.554. The Kier molecular flexibility index (Phi) is 6.63. The lowest BCUT2D eigenvalue weighted by molar-refractivity contribution is 0.110. The summed E-state index contributed by atoms with van der Waals surface area (Å²) in [5, 5.41) is 0. The van der Waals surface area contributed by atoms with E-state index in [2.05, 4.69) is 18.0 Å². The molecular weight excluding hydrogens is 246 g/mol. The van der Waals surface area contributed by atoms with Crippen LogP contribution in [0, 0.1) is 0 Å². The molecule has 0 fully saturated rings. The van der Waals surface area contributed by atoms with Crippen LogP contribution < -0.4 is 0 Å². The molecule has 1 aromatic rings. The molecule has 0 aliphatic rings. The fourth-order valence-electron chi connectivity index (χ4n) is 2.36. The first-order valence-corrected chi connectivity index (χ1v) is 8.33. The van der Waals surface area contributed by atoms with Crippen molar-refractivity contribution in [2.45, 2.75) is 38.1 Å². The minimum atomic E-state index is -2.63. The van der Waals surface area contributed by atoms with Gasteiger partial charge in [0.05, 0.1) is 5.54 Å². The lowest BCUT2D eigenvalue weighted by Gasteiger charge is -2.32. The third-order valence-corrected chi connectivity index (χ3v) is 6.53. The van der Waals surface area contributed by atoms with E-state index in [-0.39, 0.29) is 5.54 Å². The number of aromatic nitrogens is 1. The van der Waals surface area contributed by atoms with Crippen molar-refractivity contribution in [2.75, 3.05) is 21.3 Å².